The lowest BCUT2D eigenvalue weighted by molar-refractivity contribution is -0.0432. The molecule has 1 aliphatic heterocycles. The SMILES string of the molecule is C[Si](C)(C)CNc1nc(Cl)nc2c1ncn2[C@H]1C[C@H](O)[C@@H](CO)O1. The Kier molecular flexibility index (Phi) is 4.80. The lowest BCUT2D eigenvalue weighted by Crippen LogP contribution is -2.31. The Morgan fingerprint density at radius 2 is 2.17 bits per heavy atom. The van der Waals surface area contributed by atoms with E-state index in [4.69, 9.17) is 16.3 Å². The van der Waals surface area contributed by atoms with Crippen LogP contribution in [0, 0.1) is 0 Å². The highest BCUT2D eigenvalue weighted by molar-refractivity contribution is 6.76. The van der Waals surface area contributed by atoms with Crippen molar-refractivity contribution in [1.82, 2.24) is 19.5 Å². The van der Waals surface area contributed by atoms with Crippen LogP contribution in [0.2, 0.25) is 24.9 Å². The summed E-state index contributed by atoms with van der Waals surface area (Å²) in [6, 6.07) is 0. The topological polar surface area (TPSA) is 105 Å². The van der Waals surface area contributed by atoms with Gasteiger partial charge in [0.05, 0.1) is 27.1 Å². The maximum absolute atomic E-state index is 9.93. The molecule has 1 saturated heterocycles. The molecule has 0 bridgehead atoms. The molecule has 1 fully saturated rings. The third kappa shape index (κ3) is 3.54. The molecular weight excluding hydrogens is 350 g/mol. The first-order valence-electron chi connectivity index (χ1n) is 7.87. The molecule has 10 heteroatoms. The molecule has 0 radical (unpaired) electrons. The van der Waals surface area contributed by atoms with Crippen LogP contribution in [-0.4, -0.2) is 62.8 Å². The Labute approximate surface area is 145 Å². The lowest BCUT2D eigenvalue weighted by Gasteiger charge is -2.17. The van der Waals surface area contributed by atoms with Crippen molar-refractivity contribution in [1.29, 1.82) is 0 Å². The standard InChI is InChI=1S/C14H22ClN5O3Si/c1-24(2,3)7-17-12-11-13(19-14(15)18-12)20(6-16-11)10-4-8(22)9(5-21)23-10/h6,8-10,21-22H,4-5,7H2,1-3H3,(H,17,18,19)/t8-,9+,10+/m0/s1. The van der Waals surface area contributed by atoms with Crippen LogP contribution in [0.25, 0.3) is 11.2 Å². The maximum Gasteiger partial charge on any atom is 0.226 e. The molecule has 0 aromatic carbocycles. The molecule has 0 spiro atoms. The minimum absolute atomic E-state index is 0.125. The molecule has 0 amide bonds. The molecule has 2 aromatic heterocycles. The summed E-state index contributed by atoms with van der Waals surface area (Å²) in [5.74, 6) is 0.600. The first-order chi connectivity index (χ1) is 11.3. The normalized spacial score (nSPS) is 24.7. The number of rotatable bonds is 5. The summed E-state index contributed by atoms with van der Waals surface area (Å²) in [5, 5.41) is 22.6. The van der Waals surface area contributed by atoms with E-state index in [0.717, 1.165) is 6.17 Å². The number of aliphatic hydroxyl groups is 2. The molecule has 3 heterocycles. The zero-order valence-corrected chi connectivity index (χ0v) is 15.7. The summed E-state index contributed by atoms with van der Waals surface area (Å²) < 4.78 is 7.40. The first-order valence-corrected chi connectivity index (χ1v) is 12.0. The number of aliphatic hydroxyl groups excluding tert-OH is 2. The predicted molar refractivity (Wildman–Crippen MR) is 93.8 cm³/mol. The lowest BCUT2D eigenvalue weighted by atomic mass is 10.2. The Bertz CT molecular complexity index is 735. The highest BCUT2D eigenvalue weighted by Gasteiger charge is 2.35. The smallest absolute Gasteiger partial charge is 0.226 e. The van der Waals surface area contributed by atoms with Crippen LogP contribution in [0.4, 0.5) is 5.82 Å². The molecule has 3 rings (SSSR count). The molecule has 2 aromatic rings. The third-order valence-electron chi connectivity index (χ3n) is 3.87. The fraction of sp³-hybridized carbons (Fsp3) is 0.643. The third-order valence-corrected chi connectivity index (χ3v) is 5.28. The molecule has 24 heavy (non-hydrogen) atoms. The van der Waals surface area contributed by atoms with Gasteiger partial charge in [0.1, 0.15) is 12.3 Å². The fourth-order valence-corrected chi connectivity index (χ4v) is 3.49. The number of ether oxygens (including phenoxy) is 1. The predicted octanol–water partition coefficient (Wildman–Crippen LogP) is 1.41. The van der Waals surface area contributed by atoms with Gasteiger partial charge in [-0.2, -0.15) is 9.97 Å². The molecule has 0 aliphatic carbocycles. The van der Waals surface area contributed by atoms with Gasteiger partial charge in [-0.25, -0.2) is 4.98 Å². The zero-order valence-electron chi connectivity index (χ0n) is 13.9. The van der Waals surface area contributed by atoms with Crippen LogP contribution in [0.3, 0.4) is 0 Å². The molecular formula is C14H22ClN5O3Si. The van der Waals surface area contributed by atoms with Crippen molar-refractivity contribution < 1.29 is 14.9 Å². The molecule has 0 saturated carbocycles. The van der Waals surface area contributed by atoms with Gasteiger partial charge in [-0.05, 0) is 11.6 Å². The van der Waals surface area contributed by atoms with Gasteiger partial charge in [-0.15, -0.1) is 0 Å². The molecule has 3 N–H and O–H groups in total. The summed E-state index contributed by atoms with van der Waals surface area (Å²) in [6.45, 7) is 6.52. The van der Waals surface area contributed by atoms with E-state index < -0.39 is 26.5 Å². The number of fused-ring (bicyclic) bond motifs is 1. The van der Waals surface area contributed by atoms with E-state index in [1.54, 1.807) is 10.9 Å². The molecule has 0 unspecified atom stereocenters. The van der Waals surface area contributed by atoms with Gasteiger partial charge in [0.15, 0.2) is 17.0 Å². The second kappa shape index (κ2) is 6.56. The van der Waals surface area contributed by atoms with Crippen LogP contribution in [-0.2, 0) is 4.74 Å². The van der Waals surface area contributed by atoms with Crippen LogP contribution >= 0.6 is 11.6 Å². The van der Waals surface area contributed by atoms with E-state index in [-0.39, 0.29) is 11.9 Å². The van der Waals surface area contributed by atoms with E-state index in [9.17, 15) is 10.2 Å². The molecule has 1 aliphatic rings. The van der Waals surface area contributed by atoms with Crippen molar-refractivity contribution in [2.24, 2.45) is 0 Å². The van der Waals surface area contributed by atoms with Crippen molar-refractivity contribution >= 4 is 36.7 Å². The summed E-state index contributed by atoms with van der Waals surface area (Å²) >= 11 is 6.07. The van der Waals surface area contributed by atoms with Gasteiger partial charge in [0.25, 0.3) is 0 Å². The Balaban J connectivity index is 1.93. The van der Waals surface area contributed by atoms with E-state index in [1.165, 1.54) is 0 Å². The highest BCUT2D eigenvalue weighted by Crippen LogP contribution is 2.32. The number of nitrogens with zero attached hydrogens (tertiary/aromatic N) is 4. The summed E-state index contributed by atoms with van der Waals surface area (Å²) in [6.07, 6.45) is 1.03. The van der Waals surface area contributed by atoms with E-state index >= 15 is 0 Å². The molecule has 8 nitrogen and oxygen atoms in total. The summed E-state index contributed by atoms with van der Waals surface area (Å²) in [5.41, 5.74) is 1.16. The van der Waals surface area contributed by atoms with Gasteiger partial charge < -0.3 is 20.3 Å². The van der Waals surface area contributed by atoms with Gasteiger partial charge in [-0.1, -0.05) is 19.6 Å². The maximum atomic E-state index is 9.93. The first kappa shape index (κ1) is 17.6. The van der Waals surface area contributed by atoms with Gasteiger partial charge in [0, 0.05) is 12.6 Å². The largest absolute Gasteiger partial charge is 0.394 e. The van der Waals surface area contributed by atoms with Crippen LogP contribution in [0.15, 0.2) is 6.33 Å². The molecule has 3 atom stereocenters. The van der Waals surface area contributed by atoms with Crippen molar-refractivity contribution in [3.8, 4) is 0 Å². The second-order valence-corrected chi connectivity index (χ2v) is 13.0. The number of halogens is 1. The van der Waals surface area contributed by atoms with E-state index in [1.807, 2.05) is 0 Å². The average molecular weight is 372 g/mol. The van der Waals surface area contributed by atoms with Crippen molar-refractivity contribution in [3.05, 3.63) is 11.6 Å². The summed E-state index contributed by atoms with van der Waals surface area (Å²) in [7, 11) is -1.32. The van der Waals surface area contributed by atoms with Crippen molar-refractivity contribution in [2.45, 2.75) is 44.5 Å². The number of anilines is 1. The number of imidazole rings is 1. The van der Waals surface area contributed by atoms with Gasteiger partial charge in [-0.3, -0.25) is 4.57 Å². The quantitative estimate of drug-likeness (QED) is 0.539. The Morgan fingerprint density at radius 1 is 1.42 bits per heavy atom. The highest BCUT2D eigenvalue weighted by atomic mass is 35.5. The van der Waals surface area contributed by atoms with Crippen molar-refractivity contribution in [2.75, 3.05) is 18.1 Å². The van der Waals surface area contributed by atoms with E-state index in [0.29, 0.717) is 23.4 Å². The number of nitrogens with one attached hydrogen (secondary N) is 1. The fourth-order valence-electron chi connectivity index (χ4n) is 2.62. The minimum Gasteiger partial charge on any atom is -0.394 e. The monoisotopic (exact) mass is 371 g/mol. The Hall–Kier alpha value is -1.26. The Morgan fingerprint density at radius 3 is 2.79 bits per heavy atom. The number of hydrogen-bond acceptors (Lipinski definition) is 7. The van der Waals surface area contributed by atoms with E-state index in [2.05, 4.69) is 39.9 Å². The number of hydrogen-bond donors (Lipinski definition) is 3. The molecule has 132 valence electrons. The van der Waals surface area contributed by atoms with Crippen LogP contribution in [0.5, 0.6) is 0 Å². The van der Waals surface area contributed by atoms with Gasteiger partial charge in [0.2, 0.25) is 5.28 Å². The zero-order chi connectivity index (χ0) is 17.5. The van der Waals surface area contributed by atoms with Crippen molar-refractivity contribution in [3.63, 3.8) is 0 Å². The van der Waals surface area contributed by atoms with Crippen LogP contribution in [0.1, 0.15) is 12.6 Å². The average Bonchev–Trinajstić information content (AvgIpc) is 3.06. The minimum atomic E-state index is -1.32. The van der Waals surface area contributed by atoms with Gasteiger partial charge >= 0.3 is 0 Å². The number of aromatic nitrogens is 4. The van der Waals surface area contributed by atoms with Crippen LogP contribution < -0.4 is 5.32 Å². The second-order valence-electron chi connectivity index (χ2n) is 7.19. The summed E-state index contributed by atoms with van der Waals surface area (Å²) in [4.78, 5) is 12.9.